The summed E-state index contributed by atoms with van der Waals surface area (Å²) in [5.74, 6) is 2.43. The Hall–Kier alpha value is -3.25. The molecule has 0 fully saturated rings. The zero-order valence-corrected chi connectivity index (χ0v) is 18.9. The van der Waals surface area contributed by atoms with Crippen LogP contribution in [0.5, 0.6) is 11.5 Å². The topological polar surface area (TPSA) is 69.2 Å². The predicted molar refractivity (Wildman–Crippen MR) is 130 cm³/mol. The van der Waals surface area contributed by atoms with Gasteiger partial charge in [0.15, 0.2) is 5.17 Å². The number of para-hydroxylation sites is 1. The van der Waals surface area contributed by atoms with Gasteiger partial charge in [-0.3, -0.25) is 0 Å². The van der Waals surface area contributed by atoms with E-state index in [2.05, 4.69) is 22.3 Å². The second-order valence-corrected chi connectivity index (χ2v) is 8.03. The summed E-state index contributed by atoms with van der Waals surface area (Å²) in [6.45, 7) is 4.48. The number of hydrogen-bond donors (Lipinski definition) is 1. The molecule has 6 heteroatoms. The van der Waals surface area contributed by atoms with Gasteiger partial charge >= 0.3 is 0 Å². The first-order valence-electron chi connectivity index (χ1n) is 9.96. The van der Waals surface area contributed by atoms with Gasteiger partial charge in [0.05, 0.1) is 13.3 Å². The molecule has 31 heavy (non-hydrogen) atoms. The fourth-order valence-electron chi connectivity index (χ4n) is 3.08. The largest absolute Gasteiger partial charge is 0.496 e. The highest BCUT2D eigenvalue weighted by atomic mass is 32.2. The molecule has 160 valence electrons. The molecule has 0 unspecified atom stereocenters. The van der Waals surface area contributed by atoms with E-state index in [1.807, 2.05) is 68.4 Å². The summed E-state index contributed by atoms with van der Waals surface area (Å²) in [5, 5.41) is 8.64. The highest BCUT2D eigenvalue weighted by molar-refractivity contribution is 8.13. The number of nitrogens with zero attached hydrogens (tertiary/aromatic N) is 2. The molecule has 0 bridgehead atoms. The number of thioether (sulfide) groups is 1. The normalized spacial score (nSPS) is 11.6. The Labute approximate surface area is 188 Å². The van der Waals surface area contributed by atoms with E-state index in [-0.39, 0.29) is 0 Å². The van der Waals surface area contributed by atoms with Crippen molar-refractivity contribution in [2.45, 2.75) is 26.2 Å². The van der Waals surface area contributed by atoms with Crippen LogP contribution < -0.4 is 15.2 Å². The molecule has 3 aromatic carbocycles. The number of ether oxygens (including phenoxy) is 2. The monoisotopic (exact) mass is 433 g/mol. The molecular weight excluding hydrogens is 406 g/mol. The van der Waals surface area contributed by atoms with Gasteiger partial charge in [-0.2, -0.15) is 5.10 Å². The fraction of sp³-hybridized carbons (Fsp3) is 0.200. The van der Waals surface area contributed by atoms with Crippen molar-refractivity contribution >= 4 is 23.1 Å². The average molecular weight is 434 g/mol. The first kappa shape index (κ1) is 22.4. The first-order chi connectivity index (χ1) is 15.1. The van der Waals surface area contributed by atoms with Gasteiger partial charge in [0.1, 0.15) is 18.1 Å². The number of nitrogens with two attached hydrogens (primary N) is 1. The summed E-state index contributed by atoms with van der Waals surface area (Å²) < 4.78 is 11.6. The molecule has 0 aromatic heterocycles. The minimum absolute atomic E-state index is 0.398. The van der Waals surface area contributed by atoms with Crippen molar-refractivity contribution in [3.05, 3.63) is 94.5 Å². The minimum atomic E-state index is 0.398. The maximum absolute atomic E-state index is 6.09. The minimum Gasteiger partial charge on any atom is -0.496 e. The molecule has 0 aliphatic carbocycles. The Morgan fingerprint density at radius 1 is 1.00 bits per heavy atom. The van der Waals surface area contributed by atoms with Gasteiger partial charge in [0, 0.05) is 11.3 Å². The molecule has 0 spiro atoms. The van der Waals surface area contributed by atoms with Crippen LogP contribution in [0.15, 0.2) is 76.9 Å². The summed E-state index contributed by atoms with van der Waals surface area (Å²) >= 11 is 1.46. The van der Waals surface area contributed by atoms with Crippen molar-refractivity contribution in [3.63, 3.8) is 0 Å². The van der Waals surface area contributed by atoms with Gasteiger partial charge < -0.3 is 15.2 Å². The van der Waals surface area contributed by atoms with Crippen LogP contribution in [0.3, 0.4) is 0 Å². The van der Waals surface area contributed by atoms with E-state index in [1.165, 1.54) is 17.3 Å². The van der Waals surface area contributed by atoms with Crippen LogP contribution in [0, 0.1) is 13.8 Å². The van der Waals surface area contributed by atoms with Crippen LogP contribution in [0.25, 0.3) is 0 Å². The Morgan fingerprint density at radius 2 is 1.74 bits per heavy atom. The fourth-order valence-corrected chi connectivity index (χ4v) is 3.69. The van der Waals surface area contributed by atoms with Crippen LogP contribution in [0.2, 0.25) is 0 Å². The van der Waals surface area contributed by atoms with E-state index >= 15 is 0 Å². The van der Waals surface area contributed by atoms with Gasteiger partial charge in [-0.1, -0.05) is 60.3 Å². The van der Waals surface area contributed by atoms with E-state index in [1.54, 1.807) is 13.3 Å². The second kappa shape index (κ2) is 11.2. The Bertz CT molecular complexity index is 1050. The molecule has 0 aliphatic rings. The predicted octanol–water partition coefficient (Wildman–Crippen LogP) is 5.47. The van der Waals surface area contributed by atoms with E-state index in [0.29, 0.717) is 11.8 Å². The third kappa shape index (κ3) is 6.62. The Balaban J connectivity index is 1.65. The van der Waals surface area contributed by atoms with Crippen molar-refractivity contribution in [1.29, 1.82) is 0 Å². The standard InChI is InChI=1S/C25H27N3O2S/c1-18-8-7-9-19(2)24(18)30-16-22-14-21(12-13-23(22)29-3)15-27-28-25(26)31-17-20-10-5-4-6-11-20/h4-15H,16-17H2,1-3H3,(H2,26,28). The second-order valence-electron chi connectivity index (χ2n) is 7.04. The van der Waals surface area contributed by atoms with Crippen molar-refractivity contribution in [2.24, 2.45) is 15.9 Å². The smallest absolute Gasteiger partial charge is 0.180 e. The lowest BCUT2D eigenvalue weighted by molar-refractivity contribution is 0.293. The molecule has 2 N–H and O–H groups in total. The summed E-state index contributed by atoms with van der Waals surface area (Å²) in [5.41, 5.74) is 11.2. The van der Waals surface area contributed by atoms with Crippen molar-refractivity contribution in [2.75, 3.05) is 7.11 Å². The zero-order chi connectivity index (χ0) is 22.1. The lowest BCUT2D eigenvalue weighted by Crippen LogP contribution is -2.06. The number of aryl methyl sites for hydroxylation is 2. The summed E-state index contributed by atoms with van der Waals surface area (Å²) in [6.07, 6.45) is 1.68. The molecule has 0 atom stereocenters. The van der Waals surface area contributed by atoms with Crippen LogP contribution >= 0.6 is 11.8 Å². The van der Waals surface area contributed by atoms with Crippen molar-refractivity contribution in [1.82, 2.24) is 0 Å². The Kier molecular flexibility index (Phi) is 8.12. The van der Waals surface area contributed by atoms with E-state index < -0.39 is 0 Å². The van der Waals surface area contributed by atoms with Crippen LogP contribution in [0.1, 0.15) is 27.8 Å². The molecule has 0 saturated heterocycles. The van der Waals surface area contributed by atoms with Gasteiger partial charge in [0.2, 0.25) is 0 Å². The van der Waals surface area contributed by atoms with E-state index in [9.17, 15) is 0 Å². The molecule has 3 rings (SSSR count). The van der Waals surface area contributed by atoms with Gasteiger partial charge in [0.25, 0.3) is 0 Å². The zero-order valence-electron chi connectivity index (χ0n) is 18.0. The van der Waals surface area contributed by atoms with Crippen LogP contribution in [0.4, 0.5) is 0 Å². The van der Waals surface area contributed by atoms with Crippen molar-refractivity contribution < 1.29 is 9.47 Å². The van der Waals surface area contributed by atoms with Gasteiger partial charge in [-0.25, -0.2) is 0 Å². The number of amidine groups is 1. The molecule has 0 aliphatic heterocycles. The van der Waals surface area contributed by atoms with Crippen LogP contribution in [-0.2, 0) is 12.4 Å². The molecule has 0 heterocycles. The quantitative estimate of drug-likeness (QED) is 0.290. The highest BCUT2D eigenvalue weighted by Gasteiger charge is 2.08. The number of rotatable bonds is 8. The summed E-state index contributed by atoms with van der Waals surface area (Å²) in [4.78, 5) is 0. The number of methoxy groups -OCH3 is 1. The average Bonchev–Trinajstić information content (AvgIpc) is 2.78. The lowest BCUT2D eigenvalue weighted by Gasteiger charge is -2.14. The lowest BCUT2D eigenvalue weighted by atomic mass is 10.1. The van der Waals surface area contributed by atoms with E-state index in [0.717, 1.165) is 39.5 Å². The Morgan fingerprint density at radius 3 is 2.45 bits per heavy atom. The molecular formula is C25H27N3O2S. The third-order valence-electron chi connectivity index (χ3n) is 4.68. The number of benzene rings is 3. The van der Waals surface area contributed by atoms with Gasteiger partial charge in [-0.05, 0) is 54.3 Å². The number of hydrogen-bond acceptors (Lipinski definition) is 5. The maximum Gasteiger partial charge on any atom is 0.180 e. The highest BCUT2D eigenvalue weighted by Crippen LogP contribution is 2.26. The molecule has 5 nitrogen and oxygen atoms in total. The van der Waals surface area contributed by atoms with Gasteiger partial charge in [-0.15, -0.1) is 5.10 Å². The maximum atomic E-state index is 6.09. The molecule has 3 aromatic rings. The summed E-state index contributed by atoms with van der Waals surface area (Å²) in [6, 6.07) is 22.0. The SMILES string of the molecule is COc1ccc(C=NN=C(N)SCc2ccccc2)cc1COc1c(C)cccc1C. The molecule has 0 saturated carbocycles. The third-order valence-corrected chi connectivity index (χ3v) is 5.53. The van der Waals surface area contributed by atoms with Crippen molar-refractivity contribution in [3.8, 4) is 11.5 Å². The first-order valence-corrected chi connectivity index (χ1v) is 10.9. The van der Waals surface area contributed by atoms with Crippen LogP contribution in [-0.4, -0.2) is 18.5 Å². The molecule has 0 radical (unpaired) electrons. The van der Waals surface area contributed by atoms with E-state index in [4.69, 9.17) is 15.2 Å². The molecule has 0 amide bonds. The summed E-state index contributed by atoms with van der Waals surface area (Å²) in [7, 11) is 1.65.